The molecule has 2 amide bonds. The van der Waals surface area contributed by atoms with Crippen LogP contribution in [0.4, 0.5) is 0 Å². The minimum atomic E-state index is -4.33. The molecule has 56 heavy (non-hydrogen) atoms. The summed E-state index contributed by atoms with van der Waals surface area (Å²) < 4.78 is 38.2. The molecule has 2 aliphatic rings. The van der Waals surface area contributed by atoms with Crippen molar-refractivity contribution in [1.82, 2.24) is 9.88 Å². The van der Waals surface area contributed by atoms with Crippen molar-refractivity contribution >= 4 is 71.9 Å². The van der Waals surface area contributed by atoms with E-state index in [9.17, 15) is 32.4 Å². The molecule has 9 rings (SSSR count). The Hall–Kier alpha value is -7.05. The maximum Gasteiger partial charge on any atom is 0.339 e. The van der Waals surface area contributed by atoms with E-state index in [-0.39, 0.29) is 58.1 Å². The van der Waals surface area contributed by atoms with Crippen molar-refractivity contribution in [3.05, 3.63) is 161 Å². The van der Waals surface area contributed by atoms with Crippen LogP contribution in [-0.4, -0.2) is 60.8 Å². The SMILES string of the molecule is O=C(OCCCN1C(=O)c2cccc3cccc(c23)C1=O)c1ccc2c(c1)C(=O)C(c1ccc3cccc(OS(=O)(=O)c4cccc5ccccc45)c3n1)C2=O. The van der Waals surface area contributed by atoms with E-state index in [2.05, 4.69) is 4.98 Å². The van der Waals surface area contributed by atoms with E-state index >= 15 is 0 Å². The average Bonchev–Trinajstić information content (AvgIpc) is 3.46. The van der Waals surface area contributed by atoms with E-state index < -0.39 is 45.4 Å². The number of ketones is 2. The Morgan fingerprint density at radius 3 is 2.11 bits per heavy atom. The summed E-state index contributed by atoms with van der Waals surface area (Å²) in [5, 5.41) is 3.16. The predicted molar refractivity (Wildman–Crippen MR) is 206 cm³/mol. The zero-order chi connectivity index (χ0) is 38.7. The molecular weight excluding hydrogens is 733 g/mol. The van der Waals surface area contributed by atoms with E-state index in [0.29, 0.717) is 27.3 Å². The molecule has 1 unspecified atom stereocenters. The third kappa shape index (κ3) is 5.69. The lowest BCUT2D eigenvalue weighted by molar-refractivity contribution is 0.0475. The van der Waals surface area contributed by atoms with E-state index in [4.69, 9.17) is 8.92 Å². The molecule has 1 aliphatic carbocycles. The highest BCUT2D eigenvalue weighted by Gasteiger charge is 2.41. The van der Waals surface area contributed by atoms with Crippen LogP contribution in [0.15, 0.2) is 132 Å². The van der Waals surface area contributed by atoms with Gasteiger partial charge in [-0.05, 0) is 65.7 Å². The van der Waals surface area contributed by atoms with Crippen LogP contribution in [-0.2, 0) is 14.9 Å². The van der Waals surface area contributed by atoms with Crippen molar-refractivity contribution in [2.24, 2.45) is 0 Å². The number of benzene rings is 6. The van der Waals surface area contributed by atoms with Gasteiger partial charge in [-0.2, -0.15) is 8.42 Å². The van der Waals surface area contributed by atoms with Gasteiger partial charge in [0.15, 0.2) is 17.3 Å². The number of carbonyl (C=O) groups is 5. The number of nitrogens with zero attached hydrogens (tertiary/aromatic N) is 2. The quantitative estimate of drug-likeness (QED) is 0.0481. The average molecular weight is 761 g/mol. The Balaban J connectivity index is 0.903. The van der Waals surface area contributed by atoms with E-state index in [0.717, 1.165) is 15.7 Å². The number of amides is 2. The van der Waals surface area contributed by atoms with Gasteiger partial charge in [0.05, 0.1) is 17.9 Å². The number of Topliss-reactive ketones (excluding diaryl/α,β-unsaturated/α-hetero) is 2. The monoisotopic (exact) mass is 760 g/mol. The number of fused-ring (bicyclic) bond motifs is 3. The number of hydrogen-bond donors (Lipinski definition) is 0. The molecule has 0 bridgehead atoms. The second-order valence-corrected chi connectivity index (χ2v) is 15.0. The fourth-order valence-corrected chi connectivity index (χ4v) is 8.64. The molecule has 274 valence electrons. The van der Waals surface area contributed by atoms with E-state index in [1.165, 1.54) is 36.4 Å². The van der Waals surface area contributed by atoms with Gasteiger partial charge in [0, 0.05) is 45.0 Å². The molecular formula is C44H28N2O9S. The fraction of sp³-hybridized carbons (Fsp3) is 0.0909. The number of aromatic nitrogens is 1. The topological polar surface area (TPSA) is 154 Å². The first-order chi connectivity index (χ1) is 27.1. The van der Waals surface area contributed by atoms with Gasteiger partial charge in [0.2, 0.25) is 0 Å². The first-order valence-corrected chi connectivity index (χ1v) is 19.1. The highest BCUT2D eigenvalue weighted by molar-refractivity contribution is 7.87. The number of esters is 1. The standard InChI is InChI=1S/C44H28N2O9S/c47-40-30-20-18-28(44(51)54-23-7-22-46-42(49)31-14-3-10-26-11-4-15-32(37(26)31)43(46)50)24-33(30)41(48)38(40)34-21-19-27-12-5-16-35(39(27)45-34)55-56(52,53)36-17-6-9-25-8-1-2-13-29(25)36/h1-6,8-21,24,38H,7,22-23H2. The van der Waals surface area contributed by atoms with Gasteiger partial charge in [-0.25, -0.2) is 9.78 Å². The van der Waals surface area contributed by atoms with Crippen LogP contribution in [0.3, 0.4) is 0 Å². The molecule has 1 aromatic heterocycles. The first kappa shape index (κ1) is 34.7. The van der Waals surface area contributed by atoms with Gasteiger partial charge in [0.25, 0.3) is 11.8 Å². The molecule has 0 N–H and O–H groups in total. The minimum absolute atomic E-state index is 0.0221. The molecule has 2 heterocycles. The van der Waals surface area contributed by atoms with Gasteiger partial charge in [-0.3, -0.25) is 24.1 Å². The molecule has 0 fully saturated rings. The third-order valence-electron chi connectivity index (χ3n) is 10.1. The minimum Gasteiger partial charge on any atom is -0.462 e. The summed E-state index contributed by atoms with van der Waals surface area (Å²) in [6.45, 7) is -0.0922. The normalized spacial score (nSPS) is 15.1. The molecule has 11 nitrogen and oxygen atoms in total. The summed E-state index contributed by atoms with van der Waals surface area (Å²) in [4.78, 5) is 72.6. The lowest BCUT2D eigenvalue weighted by atomic mass is 9.94. The van der Waals surface area contributed by atoms with Crippen LogP contribution in [0.25, 0.3) is 32.4 Å². The number of ether oxygens (including phenoxy) is 1. The van der Waals surface area contributed by atoms with Gasteiger partial charge >= 0.3 is 16.1 Å². The Morgan fingerprint density at radius 1 is 0.661 bits per heavy atom. The fourth-order valence-electron chi connectivity index (χ4n) is 7.48. The highest BCUT2D eigenvalue weighted by Crippen LogP contribution is 2.37. The summed E-state index contributed by atoms with van der Waals surface area (Å²) >= 11 is 0. The van der Waals surface area contributed by atoms with Gasteiger partial charge in [-0.1, -0.05) is 78.9 Å². The van der Waals surface area contributed by atoms with E-state index in [1.807, 2.05) is 12.1 Å². The molecule has 1 atom stereocenters. The summed E-state index contributed by atoms with van der Waals surface area (Å²) in [5.41, 5.74) is 1.27. The summed E-state index contributed by atoms with van der Waals surface area (Å²) in [5.74, 6) is -4.10. The second-order valence-electron chi connectivity index (χ2n) is 13.5. The summed E-state index contributed by atoms with van der Waals surface area (Å²) in [6, 6.07) is 34.5. The lowest BCUT2D eigenvalue weighted by Crippen LogP contribution is -2.41. The Morgan fingerprint density at radius 2 is 1.32 bits per heavy atom. The van der Waals surface area contributed by atoms with Crippen molar-refractivity contribution in [1.29, 1.82) is 0 Å². The zero-order valence-corrected chi connectivity index (χ0v) is 30.1. The van der Waals surface area contributed by atoms with Crippen LogP contribution in [0.1, 0.15) is 69.8 Å². The van der Waals surface area contributed by atoms with Crippen molar-refractivity contribution in [3.8, 4) is 5.75 Å². The zero-order valence-electron chi connectivity index (χ0n) is 29.3. The van der Waals surface area contributed by atoms with Crippen molar-refractivity contribution < 1.29 is 41.3 Å². The second kappa shape index (κ2) is 13.4. The van der Waals surface area contributed by atoms with Crippen LogP contribution >= 0.6 is 0 Å². The molecule has 0 saturated carbocycles. The Labute approximate surface area is 319 Å². The number of para-hydroxylation sites is 1. The van der Waals surface area contributed by atoms with Gasteiger partial charge in [0.1, 0.15) is 16.3 Å². The number of imide groups is 1. The van der Waals surface area contributed by atoms with E-state index in [1.54, 1.807) is 78.9 Å². The van der Waals surface area contributed by atoms with Crippen molar-refractivity contribution in [3.63, 3.8) is 0 Å². The molecule has 0 spiro atoms. The number of carbonyl (C=O) groups excluding carboxylic acids is 5. The maximum absolute atomic E-state index is 13.8. The number of rotatable bonds is 9. The van der Waals surface area contributed by atoms with Crippen molar-refractivity contribution in [2.45, 2.75) is 17.2 Å². The number of pyridine rings is 1. The predicted octanol–water partition coefficient (Wildman–Crippen LogP) is 7.31. The summed E-state index contributed by atoms with van der Waals surface area (Å²) in [6.07, 6.45) is 0.175. The number of hydrogen-bond acceptors (Lipinski definition) is 10. The van der Waals surface area contributed by atoms with Crippen LogP contribution in [0.5, 0.6) is 5.75 Å². The van der Waals surface area contributed by atoms with Crippen LogP contribution in [0.2, 0.25) is 0 Å². The first-order valence-electron chi connectivity index (χ1n) is 17.7. The molecule has 12 heteroatoms. The summed E-state index contributed by atoms with van der Waals surface area (Å²) in [7, 11) is -4.33. The van der Waals surface area contributed by atoms with Crippen molar-refractivity contribution in [2.75, 3.05) is 13.2 Å². The molecule has 7 aromatic rings. The molecule has 1 aliphatic heterocycles. The Kier molecular flexibility index (Phi) is 8.28. The van der Waals surface area contributed by atoms with Gasteiger partial charge < -0.3 is 8.92 Å². The lowest BCUT2D eigenvalue weighted by Gasteiger charge is -2.27. The molecule has 0 saturated heterocycles. The van der Waals surface area contributed by atoms with Crippen LogP contribution in [0, 0.1) is 0 Å². The molecule has 0 radical (unpaired) electrons. The Bertz CT molecular complexity index is 2940. The molecule has 6 aromatic carbocycles. The maximum atomic E-state index is 13.8. The van der Waals surface area contributed by atoms with Gasteiger partial charge in [-0.15, -0.1) is 0 Å². The highest BCUT2D eigenvalue weighted by atomic mass is 32.2. The third-order valence-corrected chi connectivity index (χ3v) is 11.4. The largest absolute Gasteiger partial charge is 0.462 e. The smallest absolute Gasteiger partial charge is 0.339 e. The van der Waals surface area contributed by atoms with Crippen LogP contribution < -0.4 is 4.18 Å².